The van der Waals surface area contributed by atoms with Crippen molar-refractivity contribution in [1.29, 1.82) is 0 Å². The number of benzene rings is 1. The summed E-state index contributed by atoms with van der Waals surface area (Å²) < 4.78 is 0. The summed E-state index contributed by atoms with van der Waals surface area (Å²) in [6.45, 7) is 8.37. The highest BCUT2D eigenvalue weighted by molar-refractivity contribution is 5.85. The SMILES string of the molecule is CCCc1cc(=O)[nH]c2cc(N(CC)CC)ccc12. The molecule has 1 aromatic heterocycles. The molecule has 0 atom stereocenters. The minimum absolute atomic E-state index is 0.00681. The summed E-state index contributed by atoms with van der Waals surface area (Å²) in [5.74, 6) is 0. The van der Waals surface area contributed by atoms with Crippen LogP contribution < -0.4 is 10.5 Å². The summed E-state index contributed by atoms with van der Waals surface area (Å²) in [4.78, 5) is 17.0. The quantitative estimate of drug-likeness (QED) is 0.893. The molecule has 1 heterocycles. The highest BCUT2D eigenvalue weighted by atomic mass is 16.1. The van der Waals surface area contributed by atoms with Gasteiger partial charge in [-0.1, -0.05) is 19.4 Å². The third kappa shape index (κ3) is 2.80. The average Bonchev–Trinajstić information content (AvgIpc) is 2.40. The molecule has 1 N–H and O–H groups in total. The maximum atomic E-state index is 11.7. The van der Waals surface area contributed by atoms with Crippen LogP contribution in [-0.4, -0.2) is 18.1 Å². The maximum Gasteiger partial charge on any atom is 0.248 e. The third-order valence-electron chi connectivity index (χ3n) is 3.56. The Balaban J connectivity index is 2.57. The molecule has 2 aromatic rings. The first-order valence-corrected chi connectivity index (χ1v) is 7.10. The number of aromatic amines is 1. The molecule has 0 bridgehead atoms. The fourth-order valence-corrected chi connectivity index (χ4v) is 2.58. The highest BCUT2D eigenvalue weighted by Crippen LogP contribution is 2.23. The molecule has 2 rings (SSSR count). The summed E-state index contributed by atoms with van der Waals surface area (Å²) in [5, 5.41) is 1.16. The van der Waals surface area contributed by atoms with Crippen LogP contribution >= 0.6 is 0 Å². The molecule has 0 fully saturated rings. The number of aromatic nitrogens is 1. The molecule has 0 radical (unpaired) electrons. The lowest BCUT2D eigenvalue weighted by atomic mass is 10.0. The maximum absolute atomic E-state index is 11.7. The topological polar surface area (TPSA) is 36.1 Å². The molecule has 3 nitrogen and oxygen atoms in total. The van der Waals surface area contributed by atoms with Crippen LogP contribution in [0.5, 0.6) is 0 Å². The monoisotopic (exact) mass is 258 g/mol. The Morgan fingerprint density at radius 2 is 1.84 bits per heavy atom. The Morgan fingerprint density at radius 3 is 2.47 bits per heavy atom. The van der Waals surface area contributed by atoms with Crippen LogP contribution in [0.2, 0.25) is 0 Å². The van der Waals surface area contributed by atoms with Gasteiger partial charge in [0.05, 0.1) is 5.52 Å². The van der Waals surface area contributed by atoms with Gasteiger partial charge in [0.1, 0.15) is 0 Å². The van der Waals surface area contributed by atoms with E-state index in [9.17, 15) is 4.79 Å². The number of hydrogen-bond acceptors (Lipinski definition) is 2. The molecule has 0 unspecified atom stereocenters. The van der Waals surface area contributed by atoms with Crippen LogP contribution in [0.25, 0.3) is 10.9 Å². The summed E-state index contributed by atoms with van der Waals surface area (Å²) in [6.07, 6.45) is 2.00. The van der Waals surface area contributed by atoms with Gasteiger partial charge in [0, 0.05) is 30.2 Å². The third-order valence-corrected chi connectivity index (χ3v) is 3.56. The van der Waals surface area contributed by atoms with Crippen LogP contribution in [0.15, 0.2) is 29.1 Å². The van der Waals surface area contributed by atoms with Gasteiger partial charge in [-0.25, -0.2) is 0 Å². The molecule has 102 valence electrons. The molecule has 0 aliphatic carbocycles. The zero-order valence-electron chi connectivity index (χ0n) is 12.0. The van der Waals surface area contributed by atoms with Crippen molar-refractivity contribution in [3.05, 3.63) is 40.2 Å². The second-order valence-corrected chi connectivity index (χ2v) is 4.81. The number of hydrogen-bond donors (Lipinski definition) is 1. The van der Waals surface area contributed by atoms with E-state index in [4.69, 9.17) is 0 Å². The van der Waals surface area contributed by atoms with Crippen molar-refractivity contribution in [2.75, 3.05) is 18.0 Å². The number of nitrogens with one attached hydrogen (secondary N) is 1. The minimum Gasteiger partial charge on any atom is -0.372 e. The second kappa shape index (κ2) is 5.91. The average molecular weight is 258 g/mol. The number of anilines is 1. The molecule has 19 heavy (non-hydrogen) atoms. The number of rotatable bonds is 5. The number of H-pyrrole nitrogens is 1. The number of aryl methyl sites for hydroxylation is 1. The van der Waals surface area contributed by atoms with Crippen molar-refractivity contribution in [1.82, 2.24) is 4.98 Å². The number of fused-ring (bicyclic) bond motifs is 1. The molecular weight excluding hydrogens is 236 g/mol. The van der Waals surface area contributed by atoms with Gasteiger partial charge >= 0.3 is 0 Å². The lowest BCUT2D eigenvalue weighted by molar-refractivity contribution is 0.867. The van der Waals surface area contributed by atoms with E-state index in [2.05, 4.69) is 48.9 Å². The van der Waals surface area contributed by atoms with Gasteiger partial charge in [-0.15, -0.1) is 0 Å². The van der Waals surface area contributed by atoms with E-state index in [-0.39, 0.29) is 5.56 Å². The minimum atomic E-state index is -0.00681. The Labute approximate surface area is 114 Å². The van der Waals surface area contributed by atoms with Gasteiger partial charge in [0.25, 0.3) is 0 Å². The summed E-state index contributed by atoms with van der Waals surface area (Å²) in [6, 6.07) is 8.09. The van der Waals surface area contributed by atoms with Crippen molar-refractivity contribution >= 4 is 16.6 Å². The van der Waals surface area contributed by atoms with Crippen molar-refractivity contribution in [3.63, 3.8) is 0 Å². The van der Waals surface area contributed by atoms with Crippen LogP contribution in [0.1, 0.15) is 32.8 Å². The van der Waals surface area contributed by atoms with E-state index in [1.165, 1.54) is 5.69 Å². The van der Waals surface area contributed by atoms with E-state index in [0.29, 0.717) is 0 Å². The Morgan fingerprint density at radius 1 is 1.11 bits per heavy atom. The van der Waals surface area contributed by atoms with Crippen molar-refractivity contribution in [2.24, 2.45) is 0 Å². The molecular formula is C16H22N2O. The Kier molecular flexibility index (Phi) is 4.25. The molecule has 0 spiro atoms. The van der Waals surface area contributed by atoms with Crippen molar-refractivity contribution in [2.45, 2.75) is 33.6 Å². The zero-order valence-corrected chi connectivity index (χ0v) is 12.0. The van der Waals surface area contributed by atoms with E-state index >= 15 is 0 Å². The van der Waals surface area contributed by atoms with Crippen molar-refractivity contribution < 1.29 is 0 Å². The van der Waals surface area contributed by atoms with Crippen LogP contribution in [0.4, 0.5) is 5.69 Å². The van der Waals surface area contributed by atoms with E-state index in [1.807, 2.05) is 0 Å². The predicted octanol–water partition coefficient (Wildman–Crippen LogP) is 3.33. The smallest absolute Gasteiger partial charge is 0.248 e. The lowest BCUT2D eigenvalue weighted by Crippen LogP contribution is -2.21. The van der Waals surface area contributed by atoms with Crippen LogP contribution in [0, 0.1) is 0 Å². The van der Waals surface area contributed by atoms with Gasteiger partial charge in [-0.05, 0) is 38.0 Å². The summed E-state index contributed by atoms with van der Waals surface area (Å²) in [7, 11) is 0. The van der Waals surface area contributed by atoms with E-state index in [1.54, 1.807) is 6.07 Å². The van der Waals surface area contributed by atoms with E-state index in [0.717, 1.165) is 42.4 Å². The molecule has 3 heteroatoms. The van der Waals surface area contributed by atoms with Gasteiger partial charge < -0.3 is 9.88 Å². The first-order chi connectivity index (χ1) is 9.19. The summed E-state index contributed by atoms with van der Waals surface area (Å²) in [5.41, 5.74) is 3.25. The van der Waals surface area contributed by atoms with Gasteiger partial charge in [-0.3, -0.25) is 4.79 Å². The normalized spacial score (nSPS) is 10.9. The van der Waals surface area contributed by atoms with Crippen LogP contribution in [-0.2, 0) is 6.42 Å². The molecule has 0 amide bonds. The first kappa shape index (κ1) is 13.7. The molecule has 0 saturated carbocycles. The van der Waals surface area contributed by atoms with Gasteiger partial charge in [-0.2, -0.15) is 0 Å². The Bertz CT molecular complexity index is 612. The lowest BCUT2D eigenvalue weighted by Gasteiger charge is -2.21. The van der Waals surface area contributed by atoms with Gasteiger partial charge in [0.2, 0.25) is 5.56 Å². The molecule has 1 aromatic carbocycles. The Hall–Kier alpha value is -1.77. The second-order valence-electron chi connectivity index (χ2n) is 4.81. The standard InChI is InChI=1S/C16H22N2O/c1-4-7-12-10-16(19)17-15-11-13(8-9-14(12)15)18(5-2)6-3/h8-11H,4-7H2,1-3H3,(H,17,19). The van der Waals surface area contributed by atoms with Crippen molar-refractivity contribution in [3.8, 4) is 0 Å². The predicted molar refractivity (Wildman–Crippen MR) is 82.1 cm³/mol. The molecule has 0 aliphatic rings. The van der Waals surface area contributed by atoms with E-state index < -0.39 is 0 Å². The number of pyridine rings is 1. The largest absolute Gasteiger partial charge is 0.372 e. The summed E-state index contributed by atoms with van der Waals surface area (Å²) >= 11 is 0. The fraction of sp³-hybridized carbons (Fsp3) is 0.438. The molecule has 0 aliphatic heterocycles. The zero-order chi connectivity index (χ0) is 13.8. The molecule has 0 saturated heterocycles. The van der Waals surface area contributed by atoms with Gasteiger partial charge in [0.15, 0.2) is 0 Å². The first-order valence-electron chi connectivity index (χ1n) is 7.10. The number of nitrogens with zero attached hydrogens (tertiary/aromatic N) is 1. The van der Waals surface area contributed by atoms with Crippen LogP contribution in [0.3, 0.4) is 0 Å². The fourth-order valence-electron chi connectivity index (χ4n) is 2.58. The highest BCUT2D eigenvalue weighted by Gasteiger charge is 2.06.